The normalized spacial score (nSPS) is 25.5. The van der Waals surface area contributed by atoms with Crippen LogP contribution in [0.1, 0.15) is 60.8 Å². The number of nitrogens with one attached hydrogen (secondary N) is 1. The minimum Gasteiger partial charge on any atom is -0.444 e. The lowest BCUT2D eigenvalue weighted by Crippen LogP contribution is -2.63. The molecule has 2 heterocycles. The Balaban J connectivity index is 1.98. The summed E-state index contributed by atoms with van der Waals surface area (Å²) in [4.78, 5) is 14.1. The first-order chi connectivity index (χ1) is 10.5. The zero-order valence-corrected chi connectivity index (χ0v) is 15.7. The average molecular weight is 326 g/mol. The Morgan fingerprint density at radius 2 is 1.83 bits per heavy atom. The maximum absolute atomic E-state index is 12.2. The molecule has 0 radical (unpaired) electrons. The van der Waals surface area contributed by atoms with Crippen LogP contribution in [0.25, 0.3) is 0 Å². The number of likely N-dealkylation sites (tertiary alicyclic amines) is 1. The summed E-state index contributed by atoms with van der Waals surface area (Å²) >= 11 is 0. The van der Waals surface area contributed by atoms with Gasteiger partial charge in [0.2, 0.25) is 0 Å². The van der Waals surface area contributed by atoms with Gasteiger partial charge in [-0.1, -0.05) is 20.8 Å². The molecule has 2 aliphatic heterocycles. The molecule has 23 heavy (non-hydrogen) atoms. The van der Waals surface area contributed by atoms with Gasteiger partial charge in [-0.3, -0.25) is 0 Å². The van der Waals surface area contributed by atoms with E-state index in [4.69, 9.17) is 9.47 Å². The lowest BCUT2D eigenvalue weighted by atomic mass is 9.75. The molecule has 134 valence electrons. The van der Waals surface area contributed by atoms with E-state index in [9.17, 15) is 4.79 Å². The van der Waals surface area contributed by atoms with Crippen LogP contribution in [-0.4, -0.2) is 54.5 Å². The van der Waals surface area contributed by atoms with Crippen molar-refractivity contribution in [1.29, 1.82) is 0 Å². The summed E-state index contributed by atoms with van der Waals surface area (Å²) in [5.74, 6) is 0. The minimum absolute atomic E-state index is 0.135. The zero-order chi connectivity index (χ0) is 17.3. The van der Waals surface area contributed by atoms with E-state index in [0.29, 0.717) is 19.1 Å². The number of hydrogen-bond acceptors (Lipinski definition) is 4. The van der Waals surface area contributed by atoms with E-state index >= 15 is 0 Å². The third kappa shape index (κ3) is 5.08. The van der Waals surface area contributed by atoms with Crippen LogP contribution in [0.3, 0.4) is 0 Å². The van der Waals surface area contributed by atoms with Crippen molar-refractivity contribution in [3.8, 4) is 0 Å². The molecule has 0 aliphatic carbocycles. The molecule has 1 amide bonds. The van der Waals surface area contributed by atoms with Gasteiger partial charge in [-0.2, -0.15) is 0 Å². The van der Waals surface area contributed by atoms with Gasteiger partial charge in [0.1, 0.15) is 5.60 Å². The van der Waals surface area contributed by atoms with Gasteiger partial charge in [0, 0.05) is 25.7 Å². The Kier molecular flexibility index (Phi) is 5.31. The molecule has 2 saturated heterocycles. The summed E-state index contributed by atoms with van der Waals surface area (Å²) in [5, 5.41) is 3.66. The van der Waals surface area contributed by atoms with Crippen LogP contribution in [-0.2, 0) is 9.47 Å². The quantitative estimate of drug-likeness (QED) is 0.804. The molecule has 1 atom stereocenters. The number of piperidine rings is 1. The van der Waals surface area contributed by atoms with E-state index in [2.05, 4.69) is 26.1 Å². The molecule has 0 saturated carbocycles. The molecule has 0 aromatic rings. The second-order valence-corrected chi connectivity index (χ2v) is 9.15. The highest BCUT2D eigenvalue weighted by Gasteiger charge is 2.46. The number of carbonyl (C=O) groups excluding carboxylic acids is 1. The van der Waals surface area contributed by atoms with Crippen LogP contribution >= 0.6 is 0 Å². The summed E-state index contributed by atoms with van der Waals surface area (Å²) in [6.07, 6.45) is 2.63. The summed E-state index contributed by atoms with van der Waals surface area (Å²) in [7, 11) is 0. The maximum atomic E-state index is 12.2. The molecule has 2 aliphatic rings. The van der Waals surface area contributed by atoms with Crippen molar-refractivity contribution in [2.75, 3.05) is 26.2 Å². The van der Waals surface area contributed by atoms with E-state index in [1.165, 1.54) is 0 Å². The second-order valence-electron chi connectivity index (χ2n) is 9.15. The molecule has 2 fully saturated rings. The zero-order valence-electron chi connectivity index (χ0n) is 15.7. The Morgan fingerprint density at radius 1 is 1.22 bits per heavy atom. The van der Waals surface area contributed by atoms with Crippen molar-refractivity contribution in [1.82, 2.24) is 10.2 Å². The third-order valence-electron chi connectivity index (χ3n) is 4.60. The van der Waals surface area contributed by atoms with Crippen molar-refractivity contribution in [3.05, 3.63) is 0 Å². The molecule has 1 N–H and O–H groups in total. The van der Waals surface area contributed by atoms with Crippen LogP contribution in [0, 0.1) is 5.41 Å². The van der Waals surface area contributed by atoms with Crippen molar-refractivity contribution in [3.63, 3.8) is 0 Å². The van der Waals surface area contributed by atoms with Crippen LogP contribution in [0.2, 0.25) is 0 Å². The largest absolute Gasteiger partial charge is 0.444 e. The van der Waals surface area contributed by atoms with E-state index < -0.39 is 5.60 Å². The Bertz CT molecular complexity index is 415. The molecular weight excluding hydrogens is 292 g/mol. The highest BCUT2D eigenvalue weighted by Crippen LogP contribution is 2.37. The molecule has 5 nitrogen and oxygen atoms in total. The van der Waals surface area contributed by atoms with Gasteiger partial charge >= 0.3 is 6.09 Å². The van der Waals surface area contributed by atoms with Crippen LogP contribution in [0.15, 0.2) is 0 Å². The fourth-order valence-electron chi connectivity index (χ4n) is 3.53. The van der Waals surface area contributed by atoms with Gasteiger partial charge in [-0.25, -0.2) is 4.79 Å². The summed E-state index contributed by atoms with van der Waals surface area (Å²) < 4.78 is 11.7. The number of carbonyl (C=O) groups is 1. The second kappa shape index (κ2) is 6.60. The lowest BCUT2D eigenvalue weighted by molar-refractivity contribution is -0.132. The van der Waals surface area contributed by atoms with Crippen LogP contribution < -0.4 is 5.32 Å². The molecule has 2 rings (SSSR count). The summed E-state index contributed by atoms with van der Waals surface area (Å²) in [6.45, 7) is 15.6. The van der Waals surface area contributed by atoms with Gasteiger partial charge in [0.05, 0.1) is 12.2 Å². The van der Waals surface area contributed by atoms with Gasteiger partial charge in [-0.15, -0.1) is 0 Å². The number of ether oxygens (including phenoxy) is 2. The monoisotopic (exact) mass is 326 g/mol. The van der Waals surface area contributed by atoms with Gasteiger partial charge < -0.3 is 19.7 Å². The van der Waals surface area contributed by atoms with E-state index in [-0.39, 0.29) is 17.1 Å². The highest BCUT2D eigenvalue weighted by molar-refractivity contribution is 5.68. The van der Waals surface area contributed by atoms with E-state index in [1.54, 1.807) is 0 Å². The van der Waals surface area contributed by atoms with Gasteiger partial charge in [0.25, 0.3) is 0 Å². The van der Waals surface area contributed by atoms with Crippen molar-refractivity contribution in [2.24, 2.45) is 5.41 Å². The van der Waals surface area contributed by atoms with Crippen LogP contribution in [0.4, 0.5) is 4.79 Å². The van der Waals surface area contributed by atoms with Crippen molar-refractivity contribution in [2.45, 2.75) is 78.0 Å². The van der Waals surface area contributed by atoms with E-state index in [0.717, 1.165) is 32.4 Å². The van der Waals surface area contributed by atoms with Crippen molar-refractivity contribution < 1.29 is 14.3 Å². The summed E-state index contributed by atoms with van der Waals surface area (Å²) in [6, 6.07) is 0.358. The van der Waals surface area contributed by atoms with Gasteiger partial charge in [-0.05, 0) is 45.4 Å². The number of rotatable bonds is 1. The number of hydrogen-bond donors (Lipinski definition) is 1. The highest BCUT2D eigenvalue weighted by atomic mass is 16.6. The Labute approximate surface area is 141 Å². The SMILES string of the molecule is CC(C)(C)CC1NCCOC12CCN(C(=O)OC(C)(C)C)CC2. The molecule has 5 heteroatoms. The fraction of sp³-hybridized carbons (Fsp3) is 0.944. The molecule has 1 spiro atoms. The molecule has 1 unspecified atom stereocenters. The first-order valence-corrected chi connectivity index (χ1v) is 8.86. The topological polar surface area (TPSA) is 50.8 Å². The summed E-state index contributed by atoms with van der Waals surface area (Å²) in [5.41, 5.74) is -0.318. The van der Waals surface area contributed by atoms with Gasteiger partial charge in [0.15, 0.2) is 0 Å². The third-order valence-corrected chi connectivity index (χ3v) is 4.60. The Morgan fingerprint density at radius 3 is 2.35 bits per heavy atom. The molecular formula is C18H34N2O3. The smallest absolute Gasteiger partial charge is 0.410 e. The fourth-order valence-corrected chi connectivity index (χ4v) is 3.53. The number of morpholine rings is 1. The first-order valence-electron chi connectivity index (χ1n) is 8.86. The molecule has 0 aromatic heterocycles. The number of amides is 1. The van der Waals surface area contributed by atoms with Crippen molar-refractivity contribution >= 4 is 6.09 Å². The standard InChI is InChI=1S/C18H34N2O3/c1-16(2,3)13-14-18(22-12-9-19-14)7-10-20(11-8-18)15(21)23-17(4,5)6/h14,19H,7-13H2,1-6H3. The molecule has 0 aromatic carbocycles. The predicted molar refractivity (Wildman–Crippen MR) is 91.6 cm³/mol. The first kappa shape index (κ1) is 18.5. The predicted octanol–water partition coefficient (Wildman–Crippen LogP) is 3.18. The maximum Gasteiger partial charge on any atom is 0.410 e. The molecule has 0 bridgehead atoms. The minimum atomic E-state index is -0.441. The van der Waals surface area contributed by atoms with Crippen LogP contribution in [0.5, 0.6) is 0 Å². The average Bonchev–Trinajstić information content (AvgIpc) is 2.39. The lowest BCUT2D eigenvalue weighted by Gasteiger charge is -2.50. The van der Waals surface area contributed by atoms with E-state index in [1.807, 2.05) is 25.7 Å². The Hall–Kier alpha value is -0.810. The number of nitrogens with zero attached hydrogens (tertiary/aromatic N) is 1.